The molecule has 0 heterocycles. The third-order valence-corrected chi connectivity index (χ3v) is 3.22. The predicted molar refractivity (Wildman–Crippen MR) is 59.8 cm³/mol. The maximum absolute atomic E-state index is 12.7. The van der Waals surface area contributed by atoms with Gasteiger partial charge in [-0.25, -0.2) is 14.2 Å². The van der Waals surface area contributed by atoms with Gasteiger partial charge in [0.1, 0.15) is 5.82 Å². The van der Waals surface area contributed by atoms with Crippen LogP contribution in [0.3, 0.4) is 0 Å². The molecule has 0 radical (unpaired) electrons. The number of primary amides is 1. The molecule has 2 amide bonds. The van der Waals surface area contributed by atoms with Crippen LogP contribution in [0.1, 0.15) is 18.4 Å². The second-order valence-electron chi connectivity index (χ2n) is 4.50. The SMILES string of the molecule is NC(=O)N(O)C1CC(Cc2ccc(F)cc2)C1. The largest absolute Gasteiger partial charge is 0.350 e. The number of rotatable bonds is 3. The maximum atomic E-state index is 12.7. The molecule has 1 aliphatic carbocycles. The van der Waals surface area contributed by atoms with Gasteiger partial charge >= 0.3 is 6.03 Å². The molecule has 1 saturated carbocycles. The van der Waals surface area contributed by atoms with Crippen LogP contribution in [-0.2, 0) is 6.42 Å². The maximum Gasteiger partial charge on any atom is 0.338 e. The molecular formula is C12H15FN2O2. The number of carbonyl (C=O) groups excluding carboxylic acids is 1. The summed E-state index contributed by atoms with van der Waals surface area (Å²) in [5.41, 5.74) is 6.02. The lowest BCUT2D eigenvalue weighted by Crippen LogP contribution is -2.48. The van der Waals surface area contributed by atoms with Crippen LogP contribution in [-0.4, -0.2) is 22.3 Å². The molecule has 1 aromatic carbocycles. The minimum absolute atomic E-state index is 0.169. The molecule has 4 nitrogen and oxygen atoms in total. The van der Waals surface area contributed by atoms with E-state index in [0.29, 0.717) is 11.0 Å². The highest BCUT2D eigenvalue weighted by Crippen LogP contribution is 2.33. The third-order valence-electron chi connectivity index (χ3n) is 3.22. The average molecular weight is 238 g/mol. The zero-order valence-corrected chi connectivity index (χ0v) is 9.34. The van der Waals surface area contributed by atoms with Crippen molar-refractivity contribution >= 4 is 6.03 Å². The average Bonchev–Trinajstić information content (AvgIpc) is 2.24. The van der Waals surface area contributed by atoms with Crippen LogP contribution in [0, 0.1) is 11.7 Å². The molecule has 0 spiro atoms. The topological polar surface area (TPSA) is 66.6 Å². The summed E-state index contributed by atoms with van der Waals surface area (Å²) in [5, 5.41) is 9.87. The summed E-state index contributed by atoms with van der Waals surface area (Å²) in [6, 6.07) is 5.41. The van der Waals surface area contributed by atoms with E-state index in [2.05, 4.69) is 0 Å². The fourth-order valence-corrected chi connectivity index (χ4v) is 2.20. The highest BCUT2D eigenvalue weighted by molar-refractivity contribution is 5.71. The highest BCUT2D eigenvalue weighted by atomic mass is 19.1. The first-order valence-electron chi connectivity index (χ1n) is 5.58. The lowest BCUT2D eigenvalue weighted by molar-refractivity contribution is -0.110. The minimum Gasteiger partial charge on any atom is -0.350 e. The number of halogens is 1. The minimum atomic E-state index is -0.810. The first-order chi connectivity index (χ1) is 8.06. The van der Waals surface area contributed by atoms with E-state index in [4.69, 9.17) is 5.73 Å². The van der Waals surface area contributed by atoms with Crippen molar-refractivity contribution in [2.45, 2.75) is 25.3 Å². The zero-order chi connectivity index (χ0) is 12.4. The molecule has 0 bridgehead atoms. The molecule has 0 saturated heterocycles. The Morgan fingerprint density at radius 2 is 2.00 bits per heavy atom. The summed E-state index contributed by atoms with van der Waals surface area (Å²) in [6.45, 7) is 0. The molecule has 17 heavy (non-hydrogen) atoms. The molecule has 0 aliphatic heterocycles. The van der Waals surface area contributed by atoms with E-state index in [1.54, 1.807) is 12.1 Å². The van der Waals surface area contributed by atoms with E-state index in [0.717, 1.165) is 24.8 Å². The van der Waals surface area contributed by atoms with Crippen molar-refractivity contribution < 1.29 is 14.4 Å². The number of urea groups is 1. The molecule has 0 unspecified atom stereocenters. The lowest BCUT2D eigenvalue weighted by Gasteiger charge is -2.38. The molecule has 2 rings (SSSR count). The van der Waals surface area contributed by atoms with E-state index in [9.17, 15) is 14.4 Å². The summed E-state index contributed by atoms with van der Waals surface area (Å²) in [4.78, 5) is 10.7. The van der Waals surface area contributed by atoms with E-state index in [1.807, 2.05) is 0 Å². The number of hydrogen-bond donors (Lipinski definition) is 2. The van der Waals surface area contributed by atoms with Gasteiger partial charge in [0.15, 0.2) is 0 Å². The Kier molecular flexibility index (Phi) is 3.28. The molecule has 1 fully saturated rings. The number of hydrogen-bond acceptors (Lipinski definition) is 2. The Hall–Kier alpha value is -1.62. The standard InChI is InChI=1S/C12H15FN2O2/c13-10-3-1-8(2-4-10)5-9-6-11(7-9)15(17)12(14)16/h1-4,9,11,17H,5-7H2,(H2,14,16). The Balaban J connectivity index is 1.81. The molecule has 3 N–H and O–H groups in total. The number of benzene rings is 1. The van der Waals surface area contributed by atoms with Gasteiger partial charge in [0.25, 0.3) is 0 Å². The monoisotopic (exact) mass is 238 g/mol. The molecule has 0 atom stereocenters. The van der Waals surface area contributed by atoms with Gasteiger partial charge in [0.05, 0.1) is 6.04 Å². The summed E-state index contributed by atoms with van der Waals surface area (Å²) >= 11 is 0. The first kappa shape index (κ1) is 11.9. The van der Waals surface area contributed by atoms with Crippen molar-refractivity contribution in [3.63, 3.8) is 0 Å². The zero-order valence-electron chi connectivity index (χ0n) is 9.34. The summed E-state index contributed by atoms with van der Waals surface area (Å²) < 4.78 is 12.7. The molecule has 92 valence electrons. The van der Waals surface area contributed by atoms with Gasteiger partial charge in [-0.3, -0.25) is 5.21 Å². The van der Waals surface area contributed by atoms with Gasteiger partial charge in [-0.2, -0.15) is 0 Å². The van der Waals surface area contributed by atoms with Crippen LogP contribution < -0.4 is 5.73 Å². The van der Waals surface area contributed by atoms with Crippen molar-refractivity contribution in [1.29, 1.82) is 0 Å². The highest BCUT2D eigenvalue weighted by Gasteiger charge is 2.34. The van der Waals surface area contributed by atoms with E-state index >= 15 is 0 Å². The number of carbonyl (C=O) groups is 1. The van der Waals surface area contributed by atoms with Crippen molar-refractivity contribution in [2.75, 3.05) is 0 Å². The van der Waals surface area contributed by atoms with E-state index in [-0.39, 0.29) is 11.9 Å². The second-order valence-corrected chi connectivity index (χ2v) is 4.50. The van der Waals surface area contributed by atoms with E-state index < -0.39 is 6.03 Å². The van der Waals surface area contributed by atoms with Gasteiger partial charge in [-0.1, -0.05) is 12.1 Å². The molecule has 5 heteroatoms. The fourth-order valence-electron chi connectivity index (χ4n) is 2.20. The first-order valence-corrected chi connectivity index (χ1v) is 5.58. The lowest BCUT2D eigenvalue weighted by atomic mass is 9.76. The Morgan fingerprint density at radius 3 is 2.53 bits per heavy atom. The molecule has 1 aromatic rings. The van der Waals surface area contributed by atoms with Crippen LogP contribution in [0.4, 0.5) is 9.18 Å². The van der Waals surface area contributed by atoms with Crippen LogP contribution in [0.15, 0.2) is 24.3 Å². The predicted octanol–water partition coefficient (Wildman–Crippen LogP) is 1.92. The van der Waals surface area contributed by atoms with Gasteiger partial charge < -0.3 is 5.73 Å². The Morgan fingerprint density at radius 1 is 1.41 bits per heavy atom. The van der Waals surface area contributed by atoms with Gasteiger partial charge in [-0.15, -0.1) is 0 Å². The third kappa shape index (κ3) is 2.74. The van der Waals surface area contributed by atoms with Crippen LogP contribution >= 0.6 is 0 Å². The van der Waals surface area contributed by atoms with Crippen LogP contribution in [0.5, 0.6) is 0 Å². The van der Waals surface area contributed by atoms with E-state index in [1.165, 1.54) is 12.1 Å². The van der Waals surface area contributed by atoms with Crippen molar-refractivity contribution in [2.24, 2.45) is 11.7 Å². The number of hydroxylamine groups is 2. The normalized spacial score (nSPS) is 22.9. The van der Waals surface area contributed by atoms with Crippen LogP contribution in [0.25, 0.3) is 0 Å². The molecule has 1 aliphatic rings. The van der Waals surface area contributed by atoms with Crippen molar-refractivity contribution in [3.8, 4) is 0 Å². The quantitative estimate of drug-likeness (QED) is 0.624. The van der Waals surface area contributed by atoms with Crippen molar-refractivity contribution in [1.82, 2.24) is 5.06 Å². The smallest absolute Gasteiger partial charge is 0.338 e. The second kappa shape index (κ2) is 4.71. The summed E-state index contributed by atoms with van der Waals surface area (Å²) in [6.07, 6.45) is 2.30. The number of nitrogens with two attached hydrogens (primary N) is 1. The van der Waals surface area contributed by atoms with Gasteiger partial charge in [0.2, 0.25) is 0 Å². The Labute approximate surface area is 98.8 Å². The number of nitrogens with zero attached hydrogens (tertiary/aromatic N) is 1. The fraction of sp³-hybridized carbons (Fsp3) is 0.417. The Bertz CT molecular complexity index is 401. The summed E-state index contributed by atoms with van der Waals surface area (Å²) in [5.74, 6) is 0.176. The van der Waals surface area contributed by atoms with Gasteiger partial charge in [0, 0.05) is 0 Å². The molecule has 0 aromatic heterocycles. The van der Waals surface area contributed by atoms with Crippen LogP contribution in [0.2, 0.25) is 0 Å². The molecular weight excluding hydrogens is 223 g/mol. The van der Waals surface area contributed by atoms with Gasteiger partial charge in [-0.05, 0) is 42.9 Å². The summed E-state index contributed by atoms with van der Waals surface area (Å²) in [7, 11) is 0. The number of amides is 2. The van der Waals surface area contributed by atoms with Crippen molar-refractivity contribution in [3.05, 3.63) is 35.6 Å².